The van der Waals surface area contributed by atoms with Gasteiger partial charge in [0, 0.05) is 52.2 Å². The van der Waals surface area contributed by atoms with E-state index < -0.39 is 0 Å². The quantitative estimate of drug-likeness (QED) is 0.469. The van der Waals surface area contributed by atoms with Gasteiger partial charge in [0.15, 0.2) is 0 Å². The maximum atomic E-state index is 6.28. The minimum atomic E-state index is -0.318. The van der Waals surface area contributed by atoms with Crippen LogP contribution >= 0.6 is 23.2 Å². The molecule has 1 aromatic rings. The molecule has 1 aromatic carbocycles. The molecule has 2 saturated heterocycles. The van der Waals surface area contributed by atoms with Crippen molar-refractivity contribution in [2.75, 3.05) is 63.6 Å². The number of halogens is 2. The van der Waals surface area contributed by atoms with E-state index in [1.807, 2.05) is 19.1 Å². The van der Waals surface area contributed by atoms with Crippen molar-refractivity contribution < 1.29 is 4.74 Å². The first-order valence-corrected chi connectivity index (χ1v) is 12.1. The smallest absolute Gasteiger partial charge is 0.128 e. The molecule has 0 aliphatic carbocycles. The lowest BCUT2D eigenvalue weighted by Crippen LogP contribution is -2.55. The molecule has 3 heterocycles. The first-order chi connectivity index (χ1) is 15.9. The van der Waals surface area contributed by atoms with Crippen LogP contribution < -0.4 is 10.6 Å². The van der Waals surface area contributed by atoms with Crippen molar-refractivity contribution >= 4 is 47.1 Å². The highest BCUT2D eigenvalue weighted by atomic mass is 35.5. The number of amidine groups is 1. The lowest BCUT2D eigenvalue weighted by Gasteiger charge is -2.44. The van der Waals surface area contributed by atoms with E-state index in [2.05, 4.69) is 51.3 Å². The summed E-state index contributed by atoms with van der Waals surface area (Å²) in [5.74, 6) is 1.80. The molecule has 0 amide bonds. The summed E-state index contributed by atoms with van der Waals surface area (Å²) in [6.45, 7) is 11.7. The van der Waals surface area contributed by atoms with E-state index in [0.29, 0.717) is 29.8 Å². The van der Waals surface area contributed by atoms with Crippen LogP contribution in [0.25, 0.3) is 0 Å². The zero-order chi connectivity index (χ0) is 23.4. The summed E-state index contributed by atoms with van der Waals surface area (Å²) in [5, 5.41) is 8.26. The van der Waals surface area contributed by atoms with Crippen molar-refractivity contribution in [1.82, 2.24) is 9.80 Å². The van der Waals surface area contributed by atoms with Crippen LogP contribution in [0.3, 0.4) is 0 Å². The molecule has 0 radical (unpaired) electrons. The van der Waals surface area contributed by atoms with Crippen LogP contribution in [0.15, 0.2) is 45.7 Å². The van der Waals surface area contributed by atoms with Crippen molar-refractivity contribution in [2.45, 2.75) is 25.3 Å². The lowest BCUT2D eigenvalue weighted by atomic mass is 9.86. The molecule has 0 unspecified atom stereocenters. The van der Waals surface area contributed by atoms with Gasteiger partial charge in [-0.3, -0.25) is 4.99 Å². The zero-order valence-corrected chi connectivity index (χ0v) is 20.8. The van der Waals surface area contributed by atoms with Gasteiger partial charge >= 0.3 is 0 Å². The monoisotopic (exact) mass is 490 g/mol. The van der Waals surface area contributed by atoms with E-state index >= 15 is 0 Å². The summed E-state index contributed by atoms with van der Waals surface area (Å²) in [6, 6.07) is 3.72. The highest BCUT2D eigenvalue weighted by Crippen LogP contribution is 2.40. The molecule has 0 aromatic heterocycles. The predicted molar refractivity (Wildman–Crippen MR) is 139 cm³/mol. The molecule has 4 rings (SSSR count). The van der Waals surface area contributed by atoms with Crippen molar-refractivity contribution in [2.24, 2.45) is 9.98 Å². The third-order valence-corrected chi connectivity index (χ3v) is 7.30. The van der Waals surface area contributed by atoms with E-state index in [9.17, 15) is 0 Å². The molecule has 7 nitrogen and oxygen atoms in total. The summed E-state index contributed by atoms with van der Waals surface area (Å²) >= 11 is 12.6. The molecule has 2 fully saturated rings. The fourth-order valence-electron chi connectivity index (χ4n) is 4.42. The third-order valence-electron chi connectivity index (χ3n) is 6.58. The molecular weight excluding hydrogens is 459 g/mol. The largest absolute Gasteiger partial charge is 0.381 e. The number of benzene rings is 1. The summed E-state index contributed by atoms with van der Waals surface area (Å²) < 4.78 is 5.65. The Balaban J connectivity index is 1.58. The molecule has 33 heavy (non-hydrogen) atoms. The number of ether oxygens (including phenoxy) is 1. The van der Waals surface area contributed by atoms with Crippen molar-refractivity contribution in [3.05, 3.63) is 45.7 Å². The van der Waals surface area contributed by atoms with Crippen molar-refractivity contribution in [3.63, 3.8) is 0 Å². The van der Waals surface area contributed by atoms with Crippen LogP contribution in [-0.2, 0) is 4.74 Å². The van der Waals surface area contributed by atoms with Gasteiger partial charge in [-0.2, -0.15) is 0 Å². The molecule has 0 bridgehead atoms. The zero-order valence-electron chi connectivity index (χ0n) is 19.3. The number of nitrogens with zero attached hydrogens (tertiary/aromatic N) is 4. The number of hydrogen-bond donors (Lipinski definition) is 2. The van der Waals surface area contributed by atoms with Gasteiger partial charge in [0.1, 0.15) is 11.7 Å². The second kappa shape index (κ2) is 10.5. The van der Waals surface area contributed by atoms with E-state index in [4.69, 9.17) is 32.9 Å². The van der Waals surface area contributed by atoms with Crippen LogP contribution in [-0.4, -0.2) is 80.9 Å². The van der Waals surface area contributed by atoms with E-state index in [-0.39, 0.29) is 5.54 Å². The van der Waals surface area contributed by atoms with Crippen molar-refractivity contribution in [3.8, 4) is 0 Å². The highest BCUT2D eigenvalue weighted by Gasteiger charge is 2.41. The van der Waals surface area contributed by atoms with E-state index in [1.165, 1.54) is 0 Å². The van der Waals surface area contributed by atoms with Crippen molar-refractivity contribution in [1.29, 1.82) is 0 Å². The Morgan fingerprint density at radius 1 is 1.15 bits per heavy atom. The average molecular weight is 491 g/mol. The van der Waals surface area contributed by atoms with Gasteiger partial charge in [0.25, 0.3) is 0 Å². The molecular formula is C24H32Cl2N6O. The molecule has 2 N–H and O–H groups in total. The fourth-order valence-corrected chi connectivity index (χ4v) is 4.75. The first-order valence-electron chi connectivity index (χ1n) is 11.4. The average Bonchev–Trinajstić information content (AvgIpc) is 2.82. The predicted octanol–water partition coefficient (Wildman–Crippen LogP) is 4.51. The van der Waals surface area contributed by atoms with Crippen LogP contribution in [0.2, 0.25) is 10.0 Å². The summed E-state index contributed by atoms with van der Waals surface area (Å²) in [4.78, 5) is 14.0. The van der Waals surface area contributed by atoms with Crippen LogP contribution in [0.1, 0.15) is 19.8 Å². The van der Waals surface area contributed by atoms with Gasteiger partial charge in [-0.05, 0) is 44.5 Å². The number of anilines is 2. The van der Waals surface area contributed by atoms with Gasteiger partial charge in [-0.1, -0.05) is 29.3 Å². The standard InChI is InChI=1S/C24H32Cl2N6O/c1-4-17(13-22(27-2)32-9-7-31(3)8-10-32)16-28-23-24(5-11-33-12-6-24)30-21-15-19(26)18(25)14-20(21)29-23/h4,13-15,30H,2,5-12,16H2,1,3H3,(H,28,29)/b17-4+,22-13+. The number of nitrogens with one attached hydrogen (secondary N) is 2. The molecule has 178 valence electrons. The summed E-state index contributed by atoms with van der Waals surface area (Å²) in [5.41, 5.74) is 2.59. The lowest BCUT2D eigenvalue weighted by molar-refractivity contribution is 0.0778. The molecule has 1 spiro atoms. The molecule has 3 aliphatic rings. The molecule has 3 aliphatic heterocycles. The second-order valence-corrected chi connectivity index (χ2v) is 9.55. The maximum Gasteiger partial charge on any atom is 0.128 e. The van der Waals surface area contributed by atoms with Crippen LogP contribution in [0, 0.1) is 0 Å². The Morgan fingerprint density at radius 2 is 1.82 bits per heavy atom. The van der Waals surface area contributed by atoms with E-state index in [1.54, 1.807) is 0 Å². The number of likely N-dealkylation sites (N-methyl/N-ethyl adjacent to an activating group) is 1. The summed E-state index contributed by atoms with van der Waals surface area (Å²) in [6.07, 6.45) is 5.82. The number of fused-ring (bicyclic) bond motifs is 1. The number of aliphatic imine (C=N–C) groups is 2. The van der Waals surface area contributed by atoms with Gasteiger partial charge in [-0.25, -0.2) is 4.99 Å². The molecule has 0 atom stereocenters. The summed E-state index contributed by atoms with van der Waals surface area (Å²) in [7, 11) is 2.15. The van der Waals surface area contributed by atoms with Gasteiger partial charge in [0.2, 0.25) is 0 Å². The number of hydrogen-bond acceptors (Lipinski definition) is 6. The highest BCUT2D eigenvalue weighted by molar-refractivity contribution is 6.42. The Morgan fingerprint density at radius 3 is 2.45 bits per heavy atom. The Hall–Kier alpha value is -2.06. The second-order valence-electron chi connectivity index (χ2n) is 8.74. The normalized spacial score (nSPS) is 22.7. The molecule has 0 saturated carbocycles. The van der Waals surface area contributed by atoms with E-state index in [0.717, 1.165) is 67.6 Å². The third kappa shape index (κ3) is 5.38. The van der Waals surface area contributed by atoms with Crippen LogP contribution in [0.5, 0.6) is 0 Å². The topological polar surface area (TPSA) is 64.5 Å². The number of allylic oxidation sites excluding steroid dienone is 1. The van der Waals surface area contributed by atoms with Gasteiger partial charge in [-0.15, -0.1) is 0 Å². The first kappa shape index (κ1) is 24.1. The van der Waals surface area contributed by atoms with Gasteiger partial charge in [0.05, 0.1) is 33.5 Å². The SMILES string of the molecule is C=N/C(=C\C(=C/C)CN=C1Nc2cc(Cl)c(Cl)cc2NC12CCOCC2)N1CCN(C)CC1. The maximum absolute atomic E-state index is 6.28. The van der Waals surface area contributed by atoms with Gasteiger partial charge < -0.3 is 25.2 Å². The fraction of sp³-hybridized carbons (Fsp3) is 0.500. The molecule has 9 heteroatoms. The Bertz CT molecular complexity index is 975. The Labute approximate surface area is 206 Å². The minimum Gasteiger partial charge on any atom is -0.381 e. The minimum absolute atomic E-state index is 0.318. The number of rotatable bonds is 5. The van der Waals surface area contributed by atoms with Crippen LogP contribution in [0.4, 0.5) is 11.4 Å². The number of piperazine rings is 1. The Kier molecular flexibility index (Phi) is 7.64.